The van der Waals surface area contributed by atoms with Gasteiger partial charge in [-0.2, -0.15) is 0 Å². The molecule has 1 saturated carbocycles. The summed E-state index contributed by atoms with van der Waals surface area (Å²) in [7, 11) is 0. The van der Waals surface area contributed by atoms with E-state index in [9.17, 15) is 19.0 Å². The smallest absolute Gasteiger partial charge is 0.263 e. The second-order valence-electron chi connectivity index (χ2n) is 3.61. The van der Waals surface area contributed by atoms with Gasteiger partial charge < -0.3 is 10.2 Å². The number of phenolic OH excluding ortho intramolecular Hbond substituents is 1. The predicted molar refractivity (Wildman–Crippen MR) is 46.2 cm³/mol. The molecule has 1 aliphatic carbocycles. The van der Waals surface area contributed by atoms with Crippen LogP contribution >= 0.6 is 0 Å². The lowest BCUT2D eigenvalue weighted by atomic mass is 10.0. The molecule has 0 aliphatic heterocycles. The van der Waals surface area contributed by atoms with Crippen LogP contribution in [0.4, 0.5) is 8.78 Å². The Morgan fingerprint density at radius 2 is 1.93 bits per heavy atom. The van der Waals surface area contributed by atoms with E-state index < -0.39 is 12.0 Å². The van der Waals surface area contributed by atoms with Gasteiger partial charge in [0, 0.05) is 11.1 Å². The lowest BCUT2D eigenvalue weighted by molar-refractivity contribution is 0.143. The predicted octanol–water partition coefficient (Wildman–Crippen LogP) is 2.31. The zero-order valence-corrected chi connectivity index (χ0v) is 7.37. The highest BCUT2D eigenvalue weighted by Crippen LogP contribution is 2.48. The number of halogens is 2. The number of aromatic hydroxyl groups is 1. The zero-order valence-electron chi connectivity index (χ0n) is 7.37. The second kappa shape index (κ2) is 2.92. The fourth-order valence-corrected chi connectivity index (χ4v) is 1.47. The Labute approximate surface area is 79.8 Å². The van der Waals surface area contributed by atoms with E-state index in [1.54, 1.807) is 0 Å². The van der Waals surface area contributed by atoms with Crippen molar-refractivity contribution >= 4 is 0 Å². The molecule has 14 heavy (non-hydrogen) atoms. The topological polar surface area (TPSA) is 40.5 Å². The Kier molecular flexibility index (Phi) is 1.96. The van der Waals surface area contributed by atoms with Crippen LogP contribution in [0.5, 0.6) is 5.75 Å². The molecule has 0 spiro atoms. The number of benzene rings is 1. The van der Waals surface area contributed by atoms with Gasteiger partial charge in [-0.3, -0.25) is 0 Å². The summed E-state index contributed by atoms with van der Waals surface area (Å²) in [4.78, 5) is 0. The van der Waals surface area contributed by atoms with Crippen molar-refractivity contribution in [2.75, 3.05) is 0 Å². The fraction of sp³-hybridized carbons (Fsp3) is 0.400. The van der Waals surface area contributed by atoms with Gasteiger partial charge >= 0.3 is 0 Å². The van der Waals surface area contributed by atoms with Gasteiger partial charge in [-0.15, -0.1) is 0 Å². The molecular formula is C10H10F2O2. The second-order valence-corrected chi connectivity index (χ2v) is 3.61. The molecule has 2 N–H and O–H groups in total. The third kappa shape index (κ3) is 1.46. The van der Waals surface area contributed by atoms with Gasteiger partial charge in [0.2, 0.25) is 0 Å². The molecule has 1 aromatic carbocycles. The van der Waals surface area contributed by atoms with Gasteiger partial charge in [0.15, 0.2) is 0 Å². The number of hydrogen-bond acceptors (Lipinski definition) is 2. The van der Waals surface area contributed by atoms with Crippen LogP contribution < -0.4 is 0 Å². The first-order chi connectivity index (χ1) is 6.53. The highest BCUT2D eigenvalue weighted by Gasteiger charge is 2.44. The Hall–Kier alpha value is -1.16. The van der Waals surface area contributed by atoms with Crippen molar-refractivity contribution in [3.8, 4) is 5.75 Å². The maximum atomic E-state index is 12.2. The van der Waals surface area contributed by atoms with Crippen molar-refractivity contribution in [2.24, 2.45) is 0 Å². The van der Waals surface area contributed by atoms with E-state index in [1.165, 1.54) is 12.1 Å². The molecule has 0 atom stereocenters. The average molecular weight is 200 g/mol. The molecule has 0 unspecified atom stereocenters. The molecule has 2 nitrogen and oxygen atoms in total. The van der Waals surface area contributed by atoms with Gasteiger partial charge in [-0.1, -0.05) is 12.1 Å². The SMILES string of the molecule is Oc1cc(C(F)F)ccc1C1(O)CC1. The summed E-state index contributed by atoms with van der Waals surface area (Å²) in [6, 6.07) is 3.61. The third-order valence-electron chi connectivity index (χ3n) is 2.50. The first-order valence-electron chi connectivity index (χ1n) is 4.37. The van der Waals surface area contributed by atoms with E-state index in [-0.39, 0.29) is 11.3 Å². The van der Waals surface area contributed by atoms with E-state index in [4.69, 9.17) is 0 Å². The van der Waals surface area contributed by atoms with E-state index in [1.807, 2.05) is 0 Å². The van der Waals surface area contributed by atoms with Crippen LogP contribution in [-0.4, -0.2) is 10.2 Å². The first-order valence-corrected chi connectivity index (χ1v) is 4.37. The molecule has 2 rings (SSSR count). The minimum atomic E-state index is -2.59. The van der Waals surface area contributed by atoms with Gasteiger partial charge in [0.25, 0.3) is 6.43 Å². The maximum absolute atomic E-state index is 12.2. The molecule has 1 fully saturated rings. The summed E-state index contributed by atoms with van der Waals surface area (Å²) in [6.45, 7) is 0. The fourth-order valence-electron chi connectivity index (χ4n) is 1.47. The van der Waals surface area contributed by atoms with Gasteiger partial charge in [0.1, 0.15) is 5.75 Å². The lowest BCUT2D eigenvalue weighted by Gasteiger charge is -2.11. The molecule has 0 amide bonds. The summed E-state index contributed by atoms with van der Waals surface area (Å²) in [5.41, 5.74) is -0.859. The van der Waals surface area contributed by atoms with Crippen LogP contribution in [0.25, 0.3) is 0 Å². The Morgan fingerprint density at radius 3 is 2.36 bits per heavy atom. The van der Waals surface area contributed by atoms with Crippen molar-refractivity contribution < 1.29 is 19.0 Å². The molecule has 1 aliphatic rings. The standard InChI is InChI=1S/C10H10F2O2/c11-9(12)6-1-2-7(8(13)5-6)10(14)3-4-10/h1-2,5,9,13-14H,3-4H2. The van der Waals surface area contributed by atoms with Crippen molar-refractivity contribution in [3.05, 3.63) is 29.3 Å². The largest absolute Gasteiger partial charge is 0.508 e. The number of rotatable bonds is 2. The van der Waals surface area contributed by atoms with Crippen LogP contribution in [0.15, 0.2) is 18.2 Å². The summed E-state index contributed by atoms with van der Waals surface area (Å²) in [6.07, 6.45) is -1.44. The first kappa shape index (κ1) is 9.40. The van der Waals surface area contributed by atoms with Crippen LogP contribution in [0.2, 0.25) is 0 Å². The summed E-state index contributed by atoms with van der Waals surface area (Å²) in [5, 5.41) is 19.1. The van der Waals surface area contributed by atoms with Gasteiger partial charge in [-0.25, -0.2) is 8.78 Å². The lowest BCUT2D eigenvalue weighted by Crippen LogP contribution is -2.04. The monoisotopic (exact) mass is 200 g/mol. The van der Waals surface area contributed by atoms with Crippen LogP contribution in [0.3, 0.4) is 0 Å². The normalized spacial score (nSPS) is 18.6. The molecule has 0 radical (unpaired) electrons. The Balaban J connectivity index is 2.37. The van der Waals surface area contributed by atoms with E-state index in [0.29, 0.717) is 18.4 Å². The summed E-state index contributed by atoms with van der Waals surface area (Å²) < 4.78 is 24.4. The van der Waals surface area contributed by atoms with Crippen LogP contribution in [0.1, 0.15) is 30.4 Å². The molecule has 0 saturated heterocycles. The number of hydrogen-bond donors (Lipinski definition) is 2. The molecule has 0 heterocycles. The highest BCUT2D eigenvalue weighted by atomic mass is 19.3. The van der Waals surface area contributed by atoms with E-state index in [2.05, 4.69) is 0 Å². The van der Waals surface area contributed by atoms with Crippen molar-refractivity contribution in [1.29, 1.82) is 0 Å². The number of alkyl halides is 2. The highest BCUT2D eigenvalue weighted by molar-refractivity contribution is 5.42. The Morgan fingerprint density at radius 1 is 1.29 bits per heavy atom. The van der Waals surface area contributed by atoms with Crippen molar-refractivity contribution in [2.45, 2.75) is 24.9 Å². The van der Waals surface area contributed by atoms with Gasteiger partial charge in [0.05, 0.1) is 5.60 Å². The minimum Gasteiger partial charge on any atom is -0.508 e. The minimum absolute atomic E-state index is 0.226. The van der Waals surface area contributed by atoms with E-state index >= 15 is 0 Å². The summed E-state index contributed by atoms with van der Waals surface area (Å²) >= 11 is 0. The van der Waals surface area contributed by atoms with E-state index in [0.717, 1.165) is 6.07 Å². The zero-order chi connectivity index (χ0) is 10.3. The number of aliphatic hydroxyl groups is 1. The average Bonchev–Trinajstić information content (AvgIpc) is 2.84. The Bertz CT molecular complexity index is 359. The number of phenols is 1. The third-order valence-corrected chi connectivity index (χ3v) is 2.50. The molecule has 0 aromatic heterocycles. The van der Waals surface area contributed by atoms with Crippen molar-refractivity contribution in [3.63, 3.8) is 0 Å². The van der Waals surface area contributed by atoms with Crippen molar-refractivity contribution in [1.82, 2.24) is 0 Å². The van der Waals surface area contributed by atoms with Crippen LogP contribution in [-0.2, 0) is 5.60 Å². The molecule has 0 bridgehead atoms. The molecule has 1 aromatic rings. The molecule has 4 heteroatoms. The maximum Gasteiger partial charge on any atom is 0.263 e. The summed E-state index contributed by atoms with van der Waals surface area (Å²) in [5.74, 6) is -0.247. The molecule has 76 valence electrons. The van der Waals surface area contributed by atoms with Gasteiger partial charge in [-0.05, 0) is 18.9 Å². The quantitative estimate of drug-likeness (QED) is 0.769. The van der Waals surface area contributed by atoms with Crippen LogP contribution in [0, 0.1) is 0 Å². The molecular weight excluding hydrogens is 190 g/mol.